The van der Waals surface area contributed by atoms with Crippen LogP contribution in [0.5, 0.6) is 17.2 Å². The second-order valence-corrected chi connectivity index (χ2v) is 5.31. The minimum Gasteiger partial charge on any atom is -0.455 e. The van der Waals surface area contributed by atoms with Crippen molar-refractivity contribution < 1.29 is 27.0 Å². The zero-order chi connectivity index (χ0) is 15.0. The highest BCUT2D eigenvalue weighted by atomic mass is 32.2. The fourth-order valence-electron chi connectivity index (χ4n) is 1.77. The van der Waals surface area contributed by atoms with Gasteiger partial charge in [0.25, 0.3) is 0 Å². The van der Waals surface area contributed by atoms with Crippen molar-refractivity contribution in [3.05, 3.63) is 42.5 Å². The summed E-state index contributed by atoms with van der Waals surface area (Å²) in [7, 11) is 0. The number of hydrogen-bond donors (Lipinski definition) is 0. The van der Waals surface area contributed by atoms with E-state index in [0.717, 1.165) is 4.90 Å². The third kappa shape index (κ3) is 2.78. The Morgan fingerprint density at radius 2 is 1.71 bits per heavy atom. The molecule has 3 rings (SSSR count). The van der Waals surface area contributed by atoms with E-state index in [1.54, 1.807) is 12.1 Å². The van der Waals surface area contributed by atoms with Crippen LogP contribution in [-0.4, -0.2) is 12.5 Å². The molecule has 1 heterocycles. The molecule has 0 aromatic heterocycles. The van der Waals surface area contributed by atoms with Crippen molar-refractivity contribution in [2.75, 3.05) is 0 Å². The molecule has 1 aliphatic heterocycles. The van der Waals surface area contributed by atoms with E-state index < -0.39 is 12.5 Å². The second kappa shape index (κ2) is 5.14. The fraction of sp³-hybridized carbons (Fsp3) is 0.143. The average molecular weight is 316 g/mol. The third-order valence-electron chi connectivity index (χ3n) is 2.71. The Morgan fingerprint density at radius 1 is 1.00 bits per heavy atom. The highest BCUT2D eigenvalue weighted by Gasteiger charge is 2.44. The maximum Gasteiger partial charge on any atom is 0.461 e. The average Bonchev–Trinajstić information content (AvgIpc) is 2.44. The summed E-state index contributed by atoms with van der Waals surface area (Å²) >= 11 is 1.40. The molecule has 7 heteroatoms. The van der Waals surface area contributed by atoms with Crippen LogP contribution in [0.2, 0.25) is 0 Å². The highest BCUT2D eigenvalue weighted by molar-refractivity contribution is 7.99. The Hall–Kier alpha value is -1.89. The SMILES string of the molecule is FC(F)C(F)(F)Oc1ccc2c(c1)Oc1ccccc1S2. The smallest absolute Gasteiger partial charge is 0.455 e. The van der Waals surface area contributed by atoms with E-state index in [9.17, 15) is 17.6 Å². The summed E-state index contributed by atoms with van der Waals surface area (Å²) in [5, 5.41) is 0. The van der Waals surface area contributed by atoms with Crippen LogP contribution in [-0.2, 0) is 0 Å². The van der Waals surface area contributed by atoms with Crippen LogP contribution in [0.1, 0.15) is 0 Å². The van der Waals surface area contributed by atoms with Gasteiger partial charge in [0, 0.05) is 6.07 Å². The van der Waals surface area contributed by atoms with Crippen LogP contribution in [0.3, 0.4) is 0 Å². The van der Waals surface area contributed by atoms with Gasteiger partial charge in [-0.05, 0) is 24.3 Å². The minimum absolute atomic E-state index is 0.293. The van der Waals surface area contributed by atoms with Crippen molar-refractivity contribution in [2.24, 2.45) is 0 Å². The molecule has 0 unspecified atom stereocenters. The number of para-hydroxylation sites is 1. The summed E-state index contributed by atoms with van der Waals surface area (Å²) in [5.74, 6) is 0.494. The first-order chi connectivity index (χ1) is 9.95. The molecular weight excluding hydrogens is 308 g/mol. The first-order valence-corrected chi connectivity index (χ1v) is 6.71. The lowest BCUT2D eigenvalue weighted by molar-refractivity contribution is -0.253. The molecule has 2 aromatic carbocycles. The molecule has 21 heavy (non-hydrogen) atoms. The number of benzene rings is 2. The zero-order valence-corrected chi connectivity index (χ0v) is 11.2. The topological polar surface area (TPSA) is 18.5 Å². The van der Waals surface area contributed by atoms with E-state index in [1.807, 2.05) is 12.1 Å². The van der Waals surface area contributed by atoms with Crippen LogP contribution in [0.25, 0.3) is 0 Å². The van der Waals surface area contributed by atoms with Gasteiger partial charge in [0.05, 0.1) is 9.79 Å². The van der Waals surface area contributed by atoms with Crippen LogP contribution in [0.4, 0.5) is 17.6 Å². The molecular formula is C14H8F4O2S. The quantitative estimate of drug-likeness (QED) is 0.620. The Balaban J connectivity index is 1.87. The van der Waals surface area contributed by atoms with Gasteiger partial charge in [-0.15, -0.1) is 0 Å². The molecule has 0 aliphatic carbocycles. The molecule has 0 N–H and O–H groups in total. The predicted molar refractivity (Wildman–Crippen MR) is 68.7 cm³/mol. The monoisotopic (exact) mass is 316 g/mol. The molecule has 0 fully saturated rings. The van der Waals surface area contributed by atoms with Crippen LogP contribution < -0.4 is 9.47 Å². The Labute approximate surface area is 121 Å². The highest BCUT2D eigenvalue weighted by Crippen LogP contribution is 2.48. The maximum absolute atomic E-state index is 12.9. The maximum atomic E-state index is 12.9. The molecule has 2 nitrogen and oxygen atoms in total. The summed E-state index contributed by atoms with van der Waals surface area (Å²) in [6, 6.07) is 11.1. The van der Waals surface area contributed by atoms with E-state index in [2.05, 4.69) is 4.74 Å². The van der Waals surface area contributed by atoms with Gasteiger partial charge in [-0.2, -0.15) is 17.6 Å². The molecule has 1 aliphatic rings. The van der Waals surface area contributed by atoms with Crippen LogP contribution in [0.15, 0.2) is 52.3 Å². The first-order valence-electron chi connectivity index (χ1n) is 5.89. The van der Waals surface area contributed by atoms with Gasteiger partial charge in [-0.3, -0.25) is 0 Å². The van der Waals surface area contributed by atoms with Crippen molar-refractivity contribution in [1.29, 1.82) is 0 Å². The normalized spacial score (nSPS) is 13.4. The first kappa shape index (κ1) is 14.1. The Morgan fingerprint density at radius 3 is 2.48 bits per heavy atom. The van der Waals surface area contributed by atoms with Gasteiger partial charge in [-0.25, -0.2) is 0 Å². The van der Waals surface area contributed by atoms with Gasteiger partial charge in [0.2, 0.25) is 0 Å². The second-order valence-electron chi connectivity index (χ2n) is 4.22. The molecule has 0 amide bonds. The van der Waals surface area contributed by atoms with Crippen molar-refractivity contribution in [3.8, 4) is 17.2 Å². The van der Waals surface area contributed by atoms with Crippen molar-refractivity contribution in [1.82, 2.24) is 0 Å². The molecule has 0 saturated heterocycles. The van der Waals surface area contributed by atoms with E-state index in [4.69, 9.17) is 4.74 Å². The van der Waals surface area contributed by atoms with Crippen LogP contribution >= 0.6 is 11.8 Å². The van der Waals surface area contributed by atoms with E-state index in [-0.39, 0.29) is 5.75 Å². The molecule has 0 saturated carbocycles. The number of rotatable bonds is 3. The van der Waals surface area contributed by atoms with Crippen LogP contribution in [0, 0.1) is 0 Å². The van der Waals surface area contributed by atoms with E-state index in [1.165, 1.54) is 30.0 Å². The number of hydrogen-bond acceptors (Lipinski definition) is 3. The van der Waals surface area contributed by atoms with Gasteiger partial charge in [0.1, 0.15) is 17.2 Å². The lowest BCUT2D eigenvalue weighted by Crippen LogP contribution is -2.33. The van der Waals surface area contributed by atoms with E-state index in [0.29, 0.717) is 16.4 Å². The molecule has 0 atom stereocenters. The molecule has 0 bridgehead atoms. The summed E-state index contributed by atoms with van der Waals surface area (Å²) in [6.45, 7) is 0. The lowest BCUT2D eigenvalue weighted by atomic mass is 10.3. The number of fused-ring (bicyclic) bond motifs is 2. The minimum atomic E-state index is -4.53. The fourth-order valence-corrected chi connectivity index (χ4v) is 2.70. The molecule has 0 radical (unpaired) electrons. The lowest BCUT2D eigenvalue weighted by Gasteiger charge is -2.21. The zero-order valence-electron chi connectivity index (χ0n) is 10.4. The van der Waals surface area contributed by atoms with Crippen molar-refractivity contribution >= 4 is 11.8 Å². The molecule has 110 valence electrons. The summed E-state index contributed by atoms with van der Waals surface area (Å²) in [5.41, 5.74) is 0. The van der Waals surface area contributed by atoms with E-state index >= 15 is 0 Å². The Kier molecular flexibility index (Phi) is 3.44. The van der Waals surface area contributed by atoms with Crippen molar-refractivity contribution in [2.45, 2.75) is 22.3 Å². The van der Waals surface area contributed by atoms with Gasteiger partial charge >= 0.3 is 12.5 Å². The number of alkyl halides is 4. The molecule has 2 aromatic rings. The van der Waals surface area contributed by atoms with Gasteiger partial charge in [0.15, 0.2) is 0 Å². The summed E-state index contributed by atoms with van der Waals surface area (Å²) < 4.78 is 59.6. The van der Waals surface area contributed by atoms with Gasteiger partial charge < -0.3 is 9.47 Å². The molecule has 0 spiro atoms. The summed E-state index contributed by atoms with van der Waals surface area (Å²) in [4.78, 5) is 1.58. The summed E-state index contributed by atoms with van der Waals surface area (Å²) in [6.07, 6.45) is -8.43. The largest absolute Gasteiger partial charge is 0.461 e. The predicted octanol–water partition coefficient (Wildman–Crippen LogP) is 5.18. The Bertz CT molecular complexity index is 676. The third-order valence-corrected chi connectivity index (χ3v) is 3.83. The number of halogens is 4. The van der Waals surface area contributed by atoms with Crippen molar-refractivity contribution in [3.63, 3.8) is 0 Å². The standard InChI is InChI=1S/C14H8F4O2S/c15-13(16)14(17,18)20-8-5-6-12-10(7-8)19-9-3-1-2-4-11(9)21-12/h1-7,13H. The number of ether oxygens (including phenoxy) is 2. The van der Waals surface area contributed by atoms with Gasteiger partial charge in [-0.1, -0.05) is 23.9 Å².